The lowest BCUT2D eigenvalue weighted by molar-refractivity contribution is -0.119. The fraction of sp³-hybridized carbons (Fsp3) is 0.304. The van der Waals surface area contributed by atoms with Crippen molar-refractivity contribution in [1.29, 1.82) is 0 Å². The molecule has 0 fully saturated rings. The molecule has 8 nitrogen and oxygen atoms in total. The lowest BCUT2D eigenvalue weighted by Crippen LogP contribution is -2.35. The third-order valence-electron chi connectivity index (χ3n) is 5.55. The van der Waals surface area contributed by atoms with E-state index in [9.17, 15) is 9.59 Å². The number of cyclic esters (lactones) is 1. The maximum Gasteiger partial charge on any atom is 0.338 e. The number of ether oxygens (including phenoxy) is 1. The number of hydrogen-bond acceptors (Lipinski definition) is 6. The van der Waals surface area contributed by atoms with Gasteiger partial charge in [0.1, 0.15) is 18.8 Å². The molecule has 0 unspecified atom stereocenters. The summed E-state index contributed by atoms with van der Waals surface area (Å²) in [4.78, 5) is 34.1. The molecule has 0 atom stereocenters. The van der Waals surface area contributed by atoms with Gasteiger partial charge >= 0.3 is 5.97 Å². The molecule has 0 spiro atoms. The molecule has 3 aromatic rings. The van der Waals surface area contributed by atoms with Gasteiger partial charge < -0.3 is 10.5 Å². The van der Waals surface area contributed by atoms with Gasteiger partial charge in [0.05, 0.1) is 17.8 Å². The molecule has 160 valence electrons. The summed E-state index contributed by atoms with van der Waals surface area (Å²) in [6.45, 7) is 5.64. The van der Waals surface area contributed by atoms with E-state index in [1.807, 2.05) is 60.0 Å². The van der Waals surface area contributed by atoms with Crippen molar-refractivity contribution in [3.8, 4) is 5.82 Å². The third-order valence-corrected chi connectivity index (χ3v) is 5.55. The zero-order valence-electron chi connectivity index (χ0n) is 17.7. The number of carbonyl (C=O) groups excluding carboxylic acids is 2. The average molecular weight is 419 g/mol. The molecule has 0 saturated carbocycles. The maximum absolute atomic E-state index is 11.7. The van der Waals surface area contributed by atoms with E-state index < -0.39 is 0 Å². The first-order chi connectivity index (χ1) is 14.9. The van der Waals surface area contributed by atoms with Gasteiger partial charge in [-0.3, -0.25) is 14.3 Å². The normalized spacial score (nSPS) is 12.8. The summed E-state index contributed by atoms with van der Waals surface area (Å²) in [6, 6.07) is 7.72. The number of rotatable bonds is 8. The summed E-state index contributed by atoms with van der Waals surface area (Å²) in [7, 11) is 0. The van der Waals surface area contributed by atoms with E-state index in [1.54, 1.807) is 6.33 Å². The van der Waals surface area contributed by atoms with E-state index >= 15 is 0 Å². The molecule has 1 aromatic carbocycles. The van der Waals surface area contributed by atoms with Crippen LogP contribution >= 0.6 is 0 Å². The highest BCUT2D eigenvalue weighted by molar-refractivity contribution is 5.93. The molecule has 0 radical (unpaired) electrons. The molecule has 3 heterocycles. The van der Waals surface area contributed by atoms with Crippen LogP contribution in [0.5, 0.6) is 0 Å². The summed E-state index contributed by atoms with van der Waals surface area (Å²) < 4.78 is 7.00. The Morgan fingerprint density at radius 2 is 2.06 bits per heavy atom. The lowest BCUT2D eigenvalue weighted by Gasteiger charge is -2.21. The summed E-state index contributed by atoms with van der Waals surface area (Å²) in [5.74, 6) is 0.154. The Hall–Kier alpha value is -3.52. The molecular formula is C23H25N5O3. The smallest absolute Gasteiger partial charge is 0.338 e. The van der Waals surface area contributed by atoms with Crippen LogP contribution in [0.3, 0.4) is 0 Å². The average Bonchev–Trinajstić information content (AvgIpc) is 3.34. The van der Waals surface area contributed by atoms with E-state index in [0.717, 1.165) is 40.2 Å². The van der Waals surface area contributed by atoms with E-state index in [-0.39, 0.29) is 18.4 Å². The molecule has 0 bridgehead atoms. The number of amides is 1. The van der Waals surface area contributed by atoms with Crippen LogP contribution in [0.4, 0.5) is 0 Å². The van der Waals surface area contributed by atoms with Gasteiger partial charge in [0.25, 0.3) is 0 Å². The van der Waals surface area contributed by atoms with Gasteiger partial charge in [-0.1, -0.05) is 12.1 Å². The zero-order chi connectivity index (χ0) is 22.0. The van der Waals surface area contributed by atoms with Gasteiger partial charge in [-0.15, -0.1) is 0 Å². The summed E-state index contributed by atoms with van der Waals surface area (Å²) in [5.41, 5.74) is 11.2. The Kier molecular flexibility index (Phi) is 5.81. The molecule has 31 heavy (non-hydrogen) atoms. The first kappa shape index (κ1) is 20.7. The monoisotopic (exact) mass is 419 g/mol. The predicted octanol–water partition coefficient (Wildman–Crippen LogP) is 2.08. The number of nitrogens with two attached hydrogens (primary N) is 1. The summed E-state index contributed by atoms with van der Waals surface area (Å²) in [6.07, 6.45) is 6.19. The van der Waals surface area contributed by atoms with E-state index in [1.165, 1.54) is 0 Å². The Balaban J connectivity index is 1.44. The Labute approximate surface area is 180 Å². The van der Waals surface area contributed by atoms with Gasteiger partial charge in [0, 0.05) is 31.0 Å². The molecule has 0 aliphatic carbocycles. The second-order valence-corrected chi connectivity index (χ2v) is 7.83. The SMILES string of the molecule is Cc1cn(-c2ccc(CN(CCc3ccc4c(c3C)COC4=O)CC(N)=O)cn2)cn1. The van der Waals surface area contributed by atoms with Crippen LogP contribution in [-0.4, -0.2) is 44.4 Å². The second kappa shape index (κ2) is 8.69. The summed E-state index contributed by atoms with van der Waals surface area (Å²) >= 11 is 0. The third kappa shape index (κ3) is 4.64. The molecule has 2 N–H and O–H groups in total. The van der Waals surface area contributed by atoms with Crippen molar-refractivity contribution in [3.05, 3.63) is 76.5 Å². The van der Waals surface area contributed by atoms with Gasteiger partial charge in [-0.25, -0.2) is 14.8 Å². The van der Waals surface area contributed by atoms with Crippen LogP contribution in [0.1, 0.15) is 38.3 Å². The van der Waals surface area contributed by atoms with E-state index in [2.05, 4.69) is 9.97 Å². The number of primary amides is 1. The van der Waals surface area contributed by atoms with Crippen LogP contribution in [0.15, 0.2) is 43.0 Å². The fourth-order valence-electron chi connectivity index (χ4n) is 3.85. The number of nitrogens with zero attached hydrogens (tertiary/aromatic N) is 4. The first-order valence-electron chi connectivity index (χ1n) is 10.2. The van der Waals surface area contributed by atoms with Crippen molar-refractivity contribution >= 4 is 11.9 Å². The minimum absolute atomic E-state index is 0.161. The van der Waals surface area contributed by atoms with Crippen LogP contribution in [0.25, 0.3) is 5.82 Å². The van der Waals surface area contributed by atoms with Crippen molar-refractivity contribution in [2.45, 2.75) is 33.4 Å². The first-order valence-corrected chi connectivity index (χ1v) is 10.2. The topological polar surface area (TPSA) is 103 Å². The van der Waals surface area contributed by atoms with Crippen LogP contribution in [0.2, 0.25) is 0 Å². The van der Waals surface area contributed by atoms with Crippen molar-refractivity contribution in [2.24, 2.45) is 5.73 Å². The molecule has 2 aromatic heterocycles. The van der Waals surface area contributed by atoms with Gasteiger partial charge in [0.15, 0.2) is 0 Å². The number of imidazole rings is 1. The maximum atomic E-state index is 11.7. The zero-order valence-corrected chi connectivity index (χ0v) is 17.7. The van der Waals surface area contributed by atoms with Crippen LogP contribution in [-0.2, 0) is 29.1 Å². The minimum Gasteiger partial charge on any atom is -0.457 e. The Bertz CT molecular complexity index is 1120. The fourth-order valence-corrected chi connectivity index (χ4v) is 3.85. The Morgan fingerprint density at radius 1 is 1.23 bits per heavy atom. The van der Waals surface area contributed by atoms with E-state index in [4.69, 9.17) is 10.5 Å². The number of benzene rings is 1. The number of hydrogen-bond donors (Lipinski definition) is 1. The van der Waals surface area contributed by atoms with Crippen molar-refractivity contribution < 1.29 is 14.3 Å². The molecule has 8 heteroatoms. The van der Waals surface area contributed by atoms with Crippen LogP contribution < -0.4 is 5.73 Å². The van der Waals surface area contributed by atoms with Crippen molar-refractivity contribution in [1.82, 2.24) is 19.4 Å². The molecule has 4 rings (SSSR count). The number of pyridine rings is 1. The lowest BCUT2D eigenvalue weighted by atomic mass is 9.96. The number of esters is 1. The largest absolute Gasteiger partial charge is 0.457 e. The van der Waals surface area contributed by atoms with Gasteiger partial charge in [-0.2, -0.15) is 0 Å². The predicted molar refractivity (Wildman–Crippen MR) is 115 cm³/mol. The number of fused-ring (bicyclic) bond motifs is 1. The number of aromatic nitrogens is 3. The van der Waals surface area contributed by atoms with E-state index in [0.29, 0.717) is 25.3 Å². The number of carbonyl (C=O) groups is 2. The highest BCUT2D eigenvalue weighted by Crippen LogP contribution is 2.26. The molecule has 1 aliphatic rings. The molecular weight excluding hydrogens is 394 g/mol. The number of aryl methyl sites for hydroxylation is 1. The van der Waals surface area contributed by atoms with Gasteiger partial charge in [0.2, 0.25) is 5.91 Å². The van der Waals surface area contributed by atoms with Crippen molar-refractivity contribution in [3.63, 3.8) is 0 Å². The second-order valence-electron chi connectivity index (χ2n) is 7.83. The highest BCUT2D eigenvalue weighted by atomic mass is 16.5. The highest BCUT2D eigenvalue weighted by Gasteiger charge is 2.24. The molecule has 1 aliphatic heterocycles. The Morgan fingerprint density at radius 3 is 2.74 bits per heavy atom. The quantitative estimate of drug-likeness (QED) is 0.561. The standard InChI is InChI=1S/C23H25N5O3/c1-15-10-28(14-26-15)22-6-3-17(9-25-22)11-27(12-21(24)29)8-7-18-4-5-19-20(16(18)2)13-31-23(19)30/h3-6,9-10,14H,7-8,11-13H2,1-2H3,(H2,24,29). The molecule has 1 amide bonds. The van der Waals surface area contributed by atoms with Gasteiger partial charge in [-0.05, 0) is 49.1 Å². The van der Waals surface area contributed by atoms with Crippen molar-refractivity contribution in [2.75, 3.05) is 13.1 Å². The molecule has 0 saturated heterocycles. The minimum atomic E-state index is -0.372. The summed E-state index contributed by atoms with van der Waals surface area (Å²) in [5, 5.41) is 0. The van der Waals surface area contributed by atoms with Crippen LogP contribution in [0, 0.1) is 13.8 Å².